The molecule has 0 radical (unpaired) electrons. The minimum absolute atomic E-state index is 0.0459. The molecular weight excluding hydrogens is 492 g/mol. The number of halogens is 2. The lowest BCUT2D eigenvalue weighted by atomic mass is 10.2. The van der Waals surface area contributed by atoms with Gasteiger partial charge in [-0.15, -0.1) is 0 Å². The Morgan fingerprint density at radius 1 is 1.03 bits per heavy atom. The van der Waals surface area contributed by atoms with Crippen molar-refractivity contribution in [2.45, 2.75) is 11.8 Å². The number of hydrogen-bond acceptors (Lipinski definition) is 4. The van der Waals surface area contributed by atoms with Gasteiger partial charge < -0.3 is 10.1 Å². The number of aryl methyl sites for hydroxylation is 1. The van der Waals surface area contributed by atoms with Crippen LogP contribution in [0.25, 0.3) is 0 Å². The number of anilines is 2. The van der Waals surface area contributed by atoms with E-state index in [1.807, 2.05) is 13.0 Å². The molecule has 0 aliphatic rings. The van der Waals surface area contributed by atoms with Crippen LogP contribution in [0.1, 0.15) is 15.9 Å². The number of methoxy groups -OCH3 is 1. The normalized spacial score (nSPS) is 11.1. The largest absolute Gasteiger partial charge is 0.495 e. The summed E-state index contributed by atoms with van der Waals surface area (Å²) in [5.74, 6) is 0.0125. The molecule has 3 aromatic rings. The SMILES string of the molecule is COc1ccc(C)cc1NS(=O)(=O)c1ccc(NC(=O)c2cc(Br)ccc2Cl)cc1. The van der Waals surface area contributed by atoms with Gasteiger partial charge in [-0.05, 0) is 67.1 Å². The van der Waals surface area contributed by atoms with E-state index in [1.165, 1.54) is 31.4 Å². The summed E-state index contributed by atoms with van der Waals surface area (Å²) >= 11 is 9.38. The lowest BCUT2D eigenvalue weighted by Gasteiger charge is -2.13. The molecule has 0 fully saturated rings. The molecule has 2 N–H and O–H groups in total. The van der Waals surface area contributed by atoms with Gasteiger partial charge in [-0.2, -0.15) is 0 Å². The van der Waals surface area contributed by atoms with Crippen molar-refractivity contribution in [2.75, 3.05) is 17.1 Å². The van der Waals surface area contributed by atoms with Crippen LogP contribution < -0.4 is 14.8 Å². The number of amides is 1. The first-order valence-corrected chi connectivity index (χ1v) is 11.4. The number of sulfonamides is 1. The van der Waals surface area contributed by atoms with Crippen molar-refractivity contribution in [2.24, 2.45) is 0 Å². The summed E-state index contributed by atoms with van der Waals surface area (Å²) in [6.07, 6.45) is 0. The lowest BCUT2D eigenvalue weighted by molar-refractivity contribution is 0.102. The van der Waals surface area contributed by atoms with Crippen LogP contribution in [0.2, 0.25) is 5.02 Å². The summed E-state index contributed by atoms with van der Waals surface area (Å²) in [6, 6.07) is 16.0. The third kappa shape index (κ3) is 5.13. The predicted molar refractivity (Wildman–Crippen MR) is 122 cm³/mol. The molecule has 156 valence electrons. The van der Waals surface area contributed by atoms with E-state index in [1.54, 1.807) is 30.3 Å². The fourth-order valence-corrected chi connectivity index (χ4v) is 4.32. The van der Waals surface area contributed by atoms with Crippen LogP contribution in [0.4, 0.5) is 11.4 Å². The molecule has 6 nitrogen and oxygen atoms in total. The highest BCUT2D eigenvalue weighted by molar-refractivity contribution is 9.10. The van der Waals surface area contributed by atoms with Gasteiger partial charge in [-0.1, -0.05) is 33.6 Å². The van der Waals surface area contributed by atoms with Crippen LogP contribution in [-0.4, -0.2) is 21.4 Å². The third-order valence-electron chi connectivity index (χ3n) is 4.19. The van der Waals surface area contributed by atoms with E-state index in [9.17, 15) is 13.2 Å². The molecule has 0 saturated carbocycles. The first-order valence-electron chi connectivity index (χ1n) is 8.73. The van der Waals surface area contributed by atoms with Crippen molar-refractivity contribution in [1.29, 1.82) is 0 Å². The minimum atomic E-state index is -3.84. The zero-order valence-corrected chi connectivity index (χ0v) is 19.2. The van der Waals surface area contributed by atoms with Crippen LogP contribution in [-0.2, 0) is 10.0 Å². The Hall–Kier alpha value is -2.55. The number of ether oxygens (including phenoxy) is 1. The van der Waals surface area contributed by atoms with Crippen LogP contribution in [0, 0.1) is 6.92 Å². The Morgan fingerprint density at radius 2 is 1.73 bits per heavy atom. The Bertz CT molecular complexity index is 1200. The number of carbonyl (C=O) groups is 1. The van der Waals surface area contributed by atoms with E-state index >= 15 is 0 Å². The third-order valence-corrected chi connectivity index (χ3v) is 6.40. The molecule has 0 spiro atoms. The molecule has 30 heavy (non-hydrogen) atoms. The highest BCUT2D eigenvalue weighted by Crippen LogP contribution is 2.28. The molecule has 0 aliphatic heterocycles. The van der Waals surface area contributed by atoms with Gasteiger partial charge in [0.25, 0.3) is 15.9 Å². The molecule has 1 amide bonds. The molecule has 3 aromatic carbocycles. The molecule has 0 aliphatic carbocycles. The highest BCUT2D eigenvalue weighted by Gasteiger charge is 2.17. The smallest absolute Gasteiger partial charge is 0.262 e. The molecule has 9 heteroatoms. The highest BCUT2D eigenvalue weighted by atomic mass is 79.9. The molecule has 0 aromatic heterocycles. The maximum atomic E-state index is 12.7. The maximum absolute atomic E-state index is 12.7. The van der Waals surface area contributed by atoms with Crippen molar-refractivity contribution in [3.63, 3.8) is 0 Å². The van der Waals surface area contributed by atoms with Gasteiger partial charge in [0, 0.05) is 10.2 Å². The van der Waals surface area contributed by atoms with E-state index in [4.69, 9.17) is 16.3 Å². The van der Waals surface area contributed by atoms with E-state index < -0.39 is 15.9 Å². The average Bonchev–Trinajstić information content (AvgIpc) is 2.70. The van der Waals surface area contributed by atoms with E-state index in [-0.39, 0.29) is 4.90 Å². The van der Waals surface area contributed by atoms with Crippen molar-refractivity contribution in [3.8, 4) is 5.75 Å². The van der Waals surface area contributed by atoms with E-state index in [0.29, 0.717) is 27.7 Å². The Morgan fingerprint density at radius 3 is 2.40 bits per heavy atom. The first-order chi connectivity index (χ1) is 14.2. The summed E-state index contributed by atoms with van der Waals surface area (Å²) in [4.78, 5) is 12.5. The number of rotatable bonds is 6. The van der Waals surface area contributed by atoms with Crippen molar-refractivity contribution in [1.82, 2.24) is 0 Å². The van der Waals surface area contributed by atoms with Gasteiger partial charge in [-0.3, -0.25) is 9.52 Å². The van der Waals surface area contributed by atoms with Crippen molar-refractivity contribution < 1.29 is 17.9 Å². The standard InChI is InChI=1S/C21H18BrClN2O4S/c1-13-3-10-20(29-2)19(11-13)25-30(27,28)16-7-5-15(6-8-16)24-21(26)17-12-14(22)4-9-18(17)23/h3-12,25H,1-2H3,(H,24,26). The number of benzene rings is 3. The van der Waals surface area contributed by atoms with Crippen LogP contribution in [0.5, 0.6) is 5.75 Å². The molecule has 0 bridgehead atoms. The van der Waals surface area contributed by atoms with Crippen LogP contribution >= 0.6 is 27.5 Å². The Balaban J connectivity index is 1.79. The molecule has 0 unspecified atom stereocenters. The minimum Gasteiger partial charge on any atom is -0.495 e. The molecule has 0 heterocycles. The second-order valence-electron chi connectivity index (χ2n) is 6.41. The summed E-state index contributed by atoms with van der Waals surface area (Å²) in [7, 11) is -2.37. The number of nitrogens with one attached hydrogen (secondary N) is 2. The topological polar surface area (TPSA) is 84.5 Å². The van der Waals surface area contributed by atoms with Gasteiger partial charge in [0.05, 0.1) is 28.3 Å². The lowest BCUT2D eigenvalue weighted by Crippen LogP contribution is -2.15. The Kier molecular flexibility index (Phi) is 6.70. The molecule has 0 atom stereocenters. The maximum Gasteiger partial charge on any atom is 0.262 e. The van der Waals surface area contributed by atoms with Crippen molar-refractivity contribution >= 4 is 54.8 Å². The summed E-state index contributed by atoms with van der Waals surface area (Å²) in [6.45, 7) is 1.85. The summed E-state index contributed by atoms with van der Waals surface area (Å²) in [5, 5.41) is 3.01. The molecule has 3 rings (SSSR count). The number of hydrogen-bond donors (Lipinski definition) is 2. The van der Waals surface area contributed by atoms with Gasteiger partial charge in [0.2, 0.25) is 0 Å². The van der Waals surface area contributed by atoms with Crippen LogP contribution in [0.3, 0.4) is 0 Å². The number of carbonyl (C=O) groups excluding carboxylic acids is 1. The quantitative estimate of drug-likeness (QED) is 0.461. The first kappa shape index (κ1) is 22.1. The summed E-state index contributed by atoms with van der Waals surface area (Å²) in [5.41, 5.74) is 1.97. The zero-order chi connectivity index (χ0) is 21.9. The monoisotopic (exact) mass is 508 g/mol. The van der Waals surface area contributed by atoms with Gasteiger partial charge in [0.1, 0.15) is 5.75 Å². The van der Waals surface area contributed by atoms with Crippen LogP contribution in [0.15, 0.2) is 70.0 Å². The fourth-order valence-electron chi connectivity index (χ4n) is 2.69. The van der Waals surface area contributed by atoms with Gasteiger partial charge in [0.15, 0.2) is 0 Å². The zero-order valence-electron chi connectivity index (χ0n) is 16.1. The predicted octanol–water partition coefficient (Wildman–Crippen LogP) is 5.47. The average molecular weight is 510 g/mol. The molecule has 0 saturated heterocycles. The van der Waals surface area contributed by atoms with Gasteiger partial charge >= 0.3 is 0 Å². The van der Waals surface area contributed by atoms with Crippen molar-refractivity contribution in [3.05, 3.63) is 81.3 Å². The van der Waals surface area contributed by atoms with E-state index in [2.05, 4.69) is 26.0 Å². The second-order valence-corrected chi connectivity index (χ2v) is 9.42. The Labute approximate surface area is 188 Å². The van der Waals surface area contributed by atoms with Gasteiger partial charge in [-0.25, -0.2) is 8.42 Å². The molecular formula is C21H18BrClN2O4S. The summed E-state index contributed by atoms with van der Waals surface area (Å²) < 4.78 is 33.9. The second kappa shape index (κ2) is 9.07. The fraction of sp³-hybridized carbons (Fsp3) is 0.0952. The van der Waals surface area contributed by atoms with E-state index in [0.717, 1.165) is 10.0 Å².